The summed E-state index contributed by atoms with van der Waals surface area (Å²) in [6, 6.07) is 6.32. The van der Waals surface area contributed by atoms with E-state index in [2.05, 4.69) is 26.9 Å². The molecule has 1 aromatic heterocycles. The number of carbonyl (C=O) groups is 1. The SMILES string of the molecule is O=C(CSc1nnc(NCc2ccc(F)cc2)s1)NCCC1=CCCCC1. The number of thioether (sulfide) groups is 1. The van der Waals surface area contributed by atoms with Crippen molar-refractivity contribution < 1.29 is 9.18 Å². The molecule has 1 aliphatic carbocycles. The van der Waals surface area contributed by atoms with Gasteiger partial charge < -0.3 is 10.6 Å². The molecular weight excluding hydrogens is 383 g/mol. The smallest absolute Gasteiger partial charge is 0.230 e. The van der Waals surface area contributed by atoms with Gasteiger partial charge in [-0.3, -0.25) is 4.79 Å². The number of anilines is 1. The van der Waals surface area contributed by atoms with E-state index in [0.29, 0.717) is 24.0 Å². The van der Waals surface area contributed by atoms with Gasteiger partial charge in [-0.2, -0.15) is 0 Å². The molecule has 1 aliphatic rings. The van der Waals surface area contributed by atoms with Crippen molar-refractivity contribution in [2.75, 3.05) is 17.6 Å². The summed E-state index contributed by atoms with van der Waals surface area (Å²) in [4.78, 5) is 12.0. The van der Waals surface area contributed by atoms with Crippen molar-refractivity contribution in [2.24, 2.45) is 0 Å². The number of amides is 1. The number of carbonyl (C=O) groups excluding carboxylic acids is 1. The molecule has 2 aromatic rings. The lowest BCUT2D eigenvalue weighted by Gasteiger charge is -2.12. The molecule has 0 saturated carbocycles. The fraction of sp³-hybridized carbons (Fsp3) is 0.421. The molecule has 0 radical (unpaired) electrons. The van der Waals surface area contributed by atoms with E-state index in [0.717, 1.165) is 16.3 Å². The largest absolute Gasteiger partial charge is 0.356 e. The second kappa shape index (κ2) is 10.4. The van der Waals surface area contributed by atoms with Crippen LogP contribution in [0, 0.1) is 5.82 Å². The zero-order chi connectivity index (χ0) is 18.9. The quantitative estimate of drug-likeness (QED) is 0.478. The first-order chi connectivity index (χ1) is 13.2. The molecule has 5 nitrogen and oxygen atoms in total. The van der Waals surface area contributed by atoms with Crippen LogP contribution in [0.1, 0.15) is 37.7 Å². The standard InChI is InChI=1S/C19H23FN4OS2/c20-16-8-6-15(7-9-16)12-22-18-23-24-19(27-18)26-13-17(25)21-11-10-14-4-2-1-3-5-14/h4,6-9H,1-3,5,10-13H2,(H,21,25)(H,22,23). The zero-order valence-corrected chi connectivity index (χ0v) is 16.7. The number of nitrogens with zero attached hydrogens (tertiary/aromatic N) is 2. The van der Waals surface area contributed by atoms with E-state index in [-0.39, 0.29) is 11.7 Å². The van der Waals surface area contributed by atoms with Crippen LogP contribution in [0.2, 0.25) is 0 Å². The van der Waals surface area contributed by atoms with Crippen molar-refractivity contribution in [2.45, 2.75) is 43.0 Å². The Kier molecular flexibility index (Phi) is 7.65. The lowest BCUT2D eigenvalue weighted by atomic mass is 9.97. The van der Waals surface area contributed by atoms with Gasteiger partial charge in [-0.1, -0.05) is 46.9 Å². The molecule has 0 fully saturated rings. The van der Waals surface area contributed by atoms with Crippen molar-refractivity contribution in [3.63, 3.8) is 0 Å². The van der Waals surface area contributed by atoms with Crippen molar-refractivity contribution in [1.29, 1.82) is 0 Å². The Morgan fingerprint density at radius 1 is 1.22 bits per heavy atom. The molecule has 0 saturated heterocycles. The summed E-state index contributed by atoms with van der Waals surface area (Å²) in [5.41, 5.74) is 2.43. The van der Waals surface area contributed by atoms with E-state index in [4.69, 9.17) is 0 Å². The average molecular weight is 407 g/mol. The minimum Gasteiger partial charge on any atom is -0.356 e. The molecule has 1 amide bonds. The van der Waals surface area contributed by atoms with Gasteiger partial charge in [0.25, 0.3) is 0 Å². The molecule has 0 bridgehead atoms. The highest BCUT2D eigenvalue weighted by molar-refractivity contribution is 8.01. The van der Waals surface area contributed by atoms with E-state index in [1.165, 1.54) is 66.5 Å². The van der Waals surface area contributed by atoms with Gasteiger partial charge in [0.2, 0.25) is 11.0 Å². The van der Waals surface area contributed by atoms with Crippen LogP contribution in [0.4, 0.5) is 9.52 Å². The summed E-state index contributed by atoms with van der Waals surface area (Å²) in [5.74, 6) is 0.112. The molecule has 1 heterocycles. The van der Waals surface area contributed by atoms with Crippen LogP contribution in [-0.4, -0.2) is 28.4 Å². The molecule has 0 unspecified atom stereocenters. The minimum atomic E-state index is -0.248. The zero-order valence-electron chi connectivity index (χ0n) is 15.0. The number of rotatable bonds is 9. The molecular formula is C19H23FN4OS2. The minimum absolute atomic E-state index is 0.0208. The number of benzene rings is 1. The van der Waals surface area contributed by atoms with Crippen LogP contribution < -0.4 is 10.6 Å². The van der Waals surface area contributed by atoms with Crippen LogP contribution in [0.25, 0.3) is 0 Å². The Morgan fingerprint density at radius 2 is 2.07 bits per heavy atom. The fourth-order valence-electron chi connectivity index (χ4n) is 2.79. The Labute approximate surface area is 166 Å². The summed E-state index contributed by atoms with van der Waals surface area (Å²) in [7, 11) is 0. The number of halogens is 1. The lowest BCUT2D eigenvalue weighted by molar-refractivity contribution is -0.118. The van der Waals surface area contributed by atoms with Gasteiger partial charge in [0.15, 0.2) is 4.34 Å². The first kappa shape index (κ1) is 19.8. The third-order valence-electron chi connectivity index (χ3n) is 4.24. The van der Waals surface area contributed by atoms with Crippen LogP contribution >= 0.6 is 23.1 Å². The van der Waals surface area contributed by atoms with E-state index in [9.17, 15) is 9.18 Å². The van der Waals surface area contributed by atoms with Crippen molar-refractivity contribution in [3.8, 4) is 0 Å². The van der Waals surface area contributed by atoms with Crippen LogP contribution in [0.15, 0.2) is 40.3 Å². The van der Waals surface area contributed by atoms with E-state index < -0.39 is 0 Å². The molecule has 0 atom stereocenters. The Balaban J connectivity index is 1.34. The maximum atomic E-state index is 12.9. The number of hydrogen-bond donors (Lipinski definition) is 2. The molecule has 3 rings (SSSR count). The summed E-state index contributed by atoms with van der Waals surface area (Å²) >= 11 is 2.80. The van der Waals surface area contributed by atoms with E-state index in [1.807, 2.05) is 0 Å². The van der Waals surface area contributed by atoms with Crippen LogP contribution in [0.3, 0.4) is 0 Å². The van der Waals surface area contributed by atoms with E-state index >= 15 is 0 Å². The van der Waals surface area contributed by atoms with Gasteiger partial charge in [-0.25, -0.2) is 4.39 Å². The lowest BCUT2D eigenvalue weighted by Crippen LogP contribution is -2.26. The second-order valence-corrected chi connectivity index (χ2v) is 8.55. The van der Waals surface area contributed by atoms with Crippen LogP contribution in [0.5, 0.6) is 0 Å². The summed E-state index contributed by atoms with van der Waals surface area (Å²) in [6.45, 7) is 1.25. The number of nitrogens with one attached hydrogen (secondary N) is 2. The number of hydrogen-bond acceptors (Lipinski definition) is 6. The summed E-state index contributed by atoms with van der Waals surface area (Å²) < 4.78 is 13.6. The Hall–Kier alpha value is -1.93. The monoisotopic (exact) mass is 406 g/mol. The molecule has 8 heteroatoms. The van der Waals surface area contributed by atoms with Gasteiger partial charge in [-0.05, 0) is 49.8 Å². The van der Waals surface area contributed by atoms with Crippen LogP contribution in [-0.2, 0) is 11.3 Å². The Morgan fingerprint density at radius 3 is 2.85 bits per heavy atom. The molecule has 2 N–H and O–H groups in total. The molecule has 27 heavy (non-hydrogen) atoms. The van der Waals surface area contributed by atoms with E-state index in [1.54, 1.807) is 12.1 Å². The predicted molar refractivity (Wildman–Crippen MR) is 109 cm³/mol. The third kappa shape index (κ3) is 6.95. The molecule has 1 aromatic carbocycles. The molecule has 144 valence electrons. The van der Waals surface area contributed by atoms with Crippen molar-refractivity contribution >= 4 is 34.1 Å². The van der Waals surface area contributed by atoms with Gasteiger partial charge in [0.05, 0.1) is 5.75 Å². The highest BCUT2D eigenvalue weighted by Crippen LogP contribution is 2.25. The van der Waals surface area contributed by atoms with Gasteiger partial charge >= 0.3 is 0 Å². The van der Waals surface area contributed by atoms with Gasteiger partial charge in [0, 0.05) is 13.1 Å². The highest BCUT2D eigenvalue weighted by atomic mass is 32.2. The van der Waals surface area contributed by atoms with Gasteiger partial charge in [0.1, 0.15) is 5.82 Å². The molecule has 0 aliphatic heterocycles. The Bertz CT molecular complexity index is 776. The fourth-order valence-corrected chi connectivity index (χ4v) is 4.37. The maximum absolute atomic E-state index is 12.9. The van der Waals surface area contributed by atoms with Crippen molar-refractivity contribution in [1.82, 2.24) is 15.5 Å². The van der Waals surface area contributed by atoms with Crippen molar-refractivity contribution in [3.05, 3.63) is 47.3 Å². The number of allylic oxidation sites excluding steroid dienone is 1. The topological polar surface area (TPSA) is 66.9 Å². The predicted octanol–water partition coefficient (Wildman–Crippen LogP) is 4.39. The first-order valence-electron chi connectivity index (χ1n) is 9.08. The normalized spacial score (nSPS) is 13.9. The highest BCUT2D eigenvalue weighted by Gasteiger charge is 2.09. The van der Waals surface area contributed by atoms with Gasteiger partial charge in [-0.15, -0.1) is 10.2 Å². The summed E-state index contributed by atoms with van der Waals surface area (Å²) in [5, 5.41) is 15.0. The first-order valence-corrected chi connectivity index (χ1v) is 10.9. The summed E-state index contributed by atoms with van der Waals surface area (Å²) in [6.07, 6.45) is 8.16. The second-order valence-electron chi connectivity index (χ2n) is 6.35. The maximum Gasteiger partial charge on any atom is 0.230 e. The molecule has 0 spiro atoms. The number of aromatic nitrogens is 2. The average Bonchev–Trinajstić information content (AvgIpc) is 3.15. The third-order valence-corrected chi connectivity index (χ3v) is 6.26.